The van der Waals surface area contributed by atoms with Crippen LogP contribution in [0.15, 0.2) is 85.1 Å². The molecule has 0 rings (SSSR count). The summed E-state index contributed by atoms with van der Waals surface area (Å²) in [5.41, 5.74) is 5.50. The number of hydrogen-bond donors (Lipinski definition) is 3. The lowest BCUT2D eigenvalue weighted by atomic mass is 10.0. The summed E-state index contributed by atoms with van der Waals surface area (Å²) < 4.78 is 6.03. The number of carbonyl (C=O) groups is 3. The summed E-state index contributed by atoms with van der Waals surface area (Å²) in [7, 11) is 0. The van der Waals surface area contributed by atoms with Crippen molar-refractivity contribution in [3.8, 4) is 0 Å². The van der Waals surface area contributed by atoms with Gasteiger partial charge in [0.25, 0.3) is 0 Å². The maximum atomic E-state index is 12.9. The molecular weight excluding hydrogens is 769 g/mol. The van der Waals surface area contributed by atoms with Crippen molar-refractivity contribution >= 4 is 17.8 Å². The highest BCUT2D eigenvalue weighted by Gasteiger charge is 2.19. The van der Waals surface area contributed by atoms with Crippen LogP contribution >= 0.6 is 0 Å². The van der Waals surface area contributed by atoms with Crippen LogP contribution in [0.3, 0.4) is 0 Å². The van der Waals surface area contributed by atoms with Crippen LogP contribution in [0.5, 0.6) is 0 Å². The van der Waals surface area contributed by atoms with Crippen LogP contribution in [-0.2, 0) is 19.1 Å². The van der Waals surface area contributed by atoms with Gasteiger partial charge in [-0.25, -0.2) is 4.79 Å². The molecule has 0 aromatic heterocycles. The van der Waals surface area contributed by atoms with Crippen molar-refractivity contribution in [2.45, 2.75) is 238 Å². The molecule has 0 spiro atoms. The van der Waals surface area contributed by atoms with Crippen molar-refractivity contribution in [2.75, 3.05) is 6.54 Å². The number of amides is 1. The largest absolute Gasteiger partial charge is 0.480 e. The van der Waals surface area contributed by atoms with Crippen LogP contribution in [0.25, 0.3) is 0 Å². The normalized spacial score (nSPS) is 13.3. The predicted molar refractivity (Wildman–Crippen MR) is 266 cm³/mol. The van der Waals surface area contributed by atoms with Crippen molar-refractivity contribution < 1.29 is 24.2 Å². The van der Waals surface area contributed by atoms with E-state index in [2.05, 4.69) is 104 Å². The highest BCUT2D eigenvalue weighted by atomic mass is 16.5. The molecule has 0 heterocycles. The lowest BCUT2D eigenvalue weighted by Crippen LogP contribution is -2.40. The Morgan fingerprint density at radius 3 is 1.42 bits per heavy atom. The first-order valence-electron chi connectivity index (χ1n) is 25.4. The van der Waals surface area contributed by atoms with E-state index < -0.39 is 12.0 Å². The summed E-state index contributed by atoms with van der Waals surface area (Å²) in [4.78, 5) is 36.5. The maximum absolute atomic E-state index is 12.9. The highest BCUT2D eigenvalue weighted by Crippen LogP contribution is 2.17. The molecule has 7 heteroatoms. The van der Waals surface area contributed by atoms with Gasteiger partial charge in [0.1, 0.15) is 12.1 Å². The molecule has 0 radical (unpaired) electrons. The lowest BCUT2D eigenvalue weighted by Gasteiger charge is -2.17. The van der Waals surface area contributed by atoms with Gasteiger partial charge in [-0.3, -0.25) is 9.59 Å². The second kappa shape index (κ2) is 48.6. The van der Waals surface area contributed by atoms with E-state index in [1.54, 1.807) is 0 Å². The van der Waals surface area contributed by atoms with Crippen molar-refractivity contribution in [1.82, 2.24) is 5.32 Å². The van der Waals surface area contributed by atoms with Crippen LogP contribution in [0.2, 0.25) is 0 Å². The lowest BCUT2D eigenvalue weighted by molar-refractivity contribution is -0.150. The first-order chi connectivity index (χ1) is 30.4. The van der Waals surface area contributed by atoms with Crippen molar-refractivity contribution in [3.05, 3.63) is 85.1 Å². The summed E-state index contributed by atoms with van der Waals surface area (Å²) in [6.07, 6.45) is 65.0. The zero-order chi connectivity index (χ0) is 45.2. The molecule has 354 valence electrons. The van der Waals surface area contributed by atoms with Crippen LogP contribution in [0.4, 0.5) is 0 Å². The summed E-state index contributed by atoms with van der Waals surface area (Å²) in [5.74, 6) is -1.30. The zero-order valence-electron chi connectivity index (χ0n) is 39.9. The number of allylic oxidation sites excluding steroid dienone is 14. The van der Waals surface area contributed by atoms with E-state index in [9.17, 15) is 19.5 Å². The van der Waals surface area contributed by atoms with Gasteiger partial charge in [-0.15, -0.1) is 0 Å². The van der Waals surface area contributed by atoms with Crippen LogP contribution in [0, 0.1) is 0 Å². The standard InChI is InChI=1S/C55H94N2O5/c1-3-5-7-9-11-13-15-17-18-19-20-21-22-23-24-25-26-28-30-32-34-39-43-49-54(59)62-51(45-40-36-33-31-29-27-16-14-12-10-8-6-4-2)46-41-37-35-38-42-48-53(58)57-52(55(60)61)47-44-50-56/h6,8,12,14-15,17,19-20,22-23,27,29,33,36,51-52H,3-5,7,9-11,13,16,18,21,24-26,28,30-32,34-35,37-50,56H2,1-2H3,(H,57,58)(H,60,61)/b8-6-,14-12-,17-15-,20-19-,23-22-,29-27-,36-33-. The second-order valence-electron chi connectivity index (χ2n) is 16.8. The Balaban J connectivity index is 4.34. The molecule has 0 aromatic rings. The predicted octanol–water partition coefficient (Wildman–Crippen LogP) is 15.2. The molecule has 0 saturated carbocycles. The quantitative estimate of drug-likeness (QED) is 0.0319. The number of carboxylic acid groups (broad SMARTS) is 1. The Labute approximate surface area is 381 Å². The van der Waals surface area contributed by atoms with Crippen molar-refractivity contribution in [3.63, 3.8) is 0 Å². The van der Waals surface area contributed by atoms with E-state index in [1.807, 2.05) is 0 Å². The molecule has 0 aromatic carbocycles. The van der Waals surface area contributed by atoms with E-state index in [4.69, 9.17) is 10.5 Å². The van der Waals surface area contributed by atoms with Gasteiger partial charge in [-0.2, -0.15) is 0 Å². The van der Waals surface area contributed by atoms with Gasteiger partial charge >= 0.3 is 11.9 Å². The monoisotopic (exact) mass is 863 g/mol. The average Bonchev–Trinajstić information content (AvgIpc) is 3.26. The molecule has 2 atom stereocenters. The first kappa shape index (κ1) is 58.6. The Kier molecular flexibility index (Phi) is 45.9. The van der Waals surface area contributed by atoms with Gasteiger partial charge in [0.15, 0.2) is 0 Å². The molecule has 7 nitrogen and oxygen atoms in total. The zero-order valence-corrected chi connectivity index (χ0v) is 39.9. The number of hydrogen-bond acceptors (Lipinski definition) is 5. The molecule has 0 saturated heterocycles. The topological polar surface area (TPSA) is 119 Å². The fourth-order valence-electron chi connectivity index (χ4n) is 7.16. The first-order valence-corrected chi connectivity index (χ1v) is 25.4. The number of nitrogens with one attached hydrogen (secondary N) is 1. The van der Waals surface area contributed by atoms with E-state index in [1.165, 1.54) is 83.5 Å². The number of rotatable bonds is 45. The van der Waals surface area contributed by atoms with Crippen LogP contribution in [-0.4, -0.2) is 41.6 Å². The number of carboxylic acids is 1. The minimum atomic E-state index is -1.01. The molecule has 0 aliphatic rings. The number of aliphatic carboxylic acids is 1. The number of unbranched alkanes of at least 4 members (excludes halogenated alkanes) is 17. The summed E-state index contributed by atoms with van der Waals surface area (Å²) in [5, 5.41) is 12.0. The van der Waals surface area contributed by atoms with Gasteiger partial charge in [0, 0.05) is 12.8 Å². The molecule has 0 aliphatic carbocycles. The van der Waals surface area contributed by atoms with Gasteiger partial charge in [0.05, 0.1) is 0 Å². The van der Waals surface area contributed by atoms with Crippen LogP contribution in [0.1, 0.15) is 226 Å². The third kappa shape index (κ3) is 44.6. The second-order valence-corrected chi connectivity index (χ2v) is 16.8. The Bertz CT molecular complexity index is 1250. The maximum Gasteiger partial charge on any atom is 0.326 e. The van der Waals surface area contributed by atoms with Crippen molar-refractivity contribution in [2.24, 2.45) is 5.73 Å². The number of nitrogens with two attached hydrogens (primary N) is 1. The molecule has 2 unspecified atom stereocenters. The molecule has 0 aliphatic heterocycles. The minimum absolute atomic E-state index is 0.0684. The van der Waals surface area contributed by atoms with E-state index in [0.29, 0.717) is 32.2 Å². The van der Waals surface area contributed by atoms with E-state index in [0.717, 1.165) is 103 Å². The smallest absolute Gasteiger partial charge is 0.326 e. The van der Waals surface area contributed by atoms with Crippen molar-refractivity contribution in [1.29, 1.82) is 0 Å². The van der Waals surface area contributed by atoms with Gasteiger partial charge < -0.3 is 20.9 Å². The molecule has 62 heavy (non-hydrogen) atoms. The third-order valence-corrected chi connectivity index (χ3v) is 11.0. The van der Waals surface area contributed by atoms with Crippen LogP contribution < -0.4 is 11.1 Å². The number of esters is 1. The SMILES string of the molecule is CC/C=C\C/C=C\C/C=C\C/C=C\CCC(CCCCCCCC(=O)NC(CCCN)C(=O)O)OC(=O)CCCCCCCCCC/C=C\C/C=C\C/C=C\CCCCCCC. The molecule has 1 amide bonds. The molecule has 4 N–H and O–H groups in total. The van der Waals surface area contributed by atoms with Gasteiger partial charge in [-0.1, -0.05) is 182 Å². The van der Waals surface area contributed by atoms with E-state index in [-0.39, 0.29) is 18.0 Å². The molecule has 0 fully saturated rings. The summed E-state index contributed by atoms with van der Waals surface area (Å²) >= 11 is 0. The fraction of sp³-hybridized carbons (Fsp3) is 0.691. The van der Waals surface area contributed by atoms with E-state index >= 15 is 0 Å². The highest BCUT2D eigenvalue weighted by molar-refractivity contribution is 5.83. The van der Waals surface area contributed by atoms with Gasteiger partial charge in [0.2, 0.25) is 5.91 Å². The average molecular weight is 863 g/mol. The Morgan fingerprint density at radius 1 is 0.484 bits per heavy atom. The minimum Gasteiger partial charge on any atom is -0.480 e. The Morgan fingerprint density at radius 2 is 0.919 bits per heavy atom. The summed E-state index contributed by atoms with van der Waals surface area (Å²) in [6, 6.07) is -0.869. The number of ether oxygens (including phenoxy) is 1. The number of carbonyl (C=O) groups excluding carboxylic acids is 2. The third-order valence-electron chi connectivity index (χ3n) is 11.0. The van der Waals surface area contributed by atoms with Gasteiger partial charge in [-0.05, 0) is 122 Å². The molecule has 0 bridgehead atoms. The Hall–Kier alpha value is -3.45. The fourth-order valence-corrected chi connectivity index (χ4v) is 7.16. The summed E-state index contributed by atoms with van der Waals surface area (Å²) in [6.45, 7) is 4.82. The molecular formula is C55H94N2O5.